The Hall–Kier alpha value is -0.680. The zero-order valence-corrected chi connectivity index (χ0v) is 11.7. The van der Waals surface area contributed by atoms with Gasteiger partial charge in [0, 0.05) is 6.08 Å². The van der Waals surface area contributed by atoms with Crippen molar-refractivity contribution in [3.63, 3.8) is 0 Å². The van der Waals surface area contributed by atoms with Gasteiger partial charge in [0.05, 0.1) is 6.61 Å². The number of phosphoric acid groups is 1. The van der Waals surface area contributed by atoms with E-state index in [9.17, 15) is 9.36 Å². The van der Waals surface area contributed by atoms with Gasteiger partial charge in [-0.05, 0) is 12.8 Å². The van der Waals surface area contributed by atoms with Crippen LogP contribution >= 0.6 is 7.82 Å². The summed E-state index contributed by atoms with van der Waals surface area (Å²) in [6.07, 6.45) is 5.06. The fourth-order valence-electron chi connectivity index (χ4n) is 1.42. The molecule has 0 fully saturated rings. The highest BCUT2D eigenvalue weighted by molar-refractivity contribution is 7.46. The van der Waals surface area contributed by atoms with Gasteiger partial charge in [-0.1, -0.05) is 32.3 Å². The van der Waals surface area contributed by atoms with Crippen LogP contribution in [-0.2, 0) is 18.6 Å². The van der Waals surface area contributed by atoms with Gasteiger partial charge in [0.1, 0.15) is 6.61 Å². The molecular formula is C11H21O6P. The summed E-state index contributed by atoms with van der Waals surface area (Å²) in [5, 5.41) is 0. The Kier molecular flexibility index (Phi) is 8.93. The first-order valence-corrected chi connectivity index (χ1v) is 7.48. The molecule has 106 valence electrons. The predicted octanol–water partition coefficient (Wildman–Crippen LogP) is 2.17. The van der Waals surface area contributed by atoms with Crippen molar-refractivity contribution in [1.29, 1.82) is 0 Å². The van der Waals surface area contributed by atoms with Crippen molar-refractivity contribution < 1.29 is 28.4 Å². The minimum atomic E-state index is -4.48. The van der Waals surface area contributed by atoms with Crippen LogP contribution in [-0.4, -0.2) is 29.0 Å². The first kappa shape index (κ1) is 17.3. The summed E-state index contributed by atoms with van der Waals surface area (Å²) in [5.41, 5.74) is 1.03. The molecule has 0 saturated heterocycles. The van der Waals surface area contributed by atoms with Crippen molar-refractivity contribution in [2.45, 2.75) is 39.5 Å². The van der Waals surface area contributed by atoms with E-state index < -0.39 is 13.8 Å². The molecule has 2 N–H and O–H groups in total. The molecule has 0 aromatic heterocycles. The fourth-order valence-corrected chi connectivity index (χ4v) is 1.73. The van der Waals surface area contributed by atoms with Gasteiger partial charge in [0.25, 0.3) is 0 Å². The van der Waals surface area contributed by atoms with Crippen LogP contribution in [0.3, 0.4) is 0 Å². The third-order valence-corrected chi connectivity index (χ3v) is 2.57. The Bertz CT molecular complexity index is 311. The van der Waals surface area contributed by atoms with E-state index in [1.165, 1.54) is 6.08 Å². The average molecular weight is 280 g/mol. The molecule has 0 amide bonds. The maximum Gasteiger partial charge on any atom is 0.469 e. The molecule has 6 nitrogen and oxygen atoms in total. The number of ether oxygens (including phenoxy) is 1. The summed E-state index contributed by atoms with van der Waals surface area (Å²) >= 11 is 0. The minimum absolute atomic E-state index is 0.175. The number of esters is 1. The highest BCUT2D eigenvalue weighted by atomic mass is 31.2. The molecule has 0 atom stereocenters. The maximum absolute atomic E-state index is 11.4. The smallest absolute Gasteiger partial charge is 0.460 e. The summed E-state index contributed by atoms with van der Waals surface area (Å²) < 4.78 is 19.3. The molecule has 0 spiro atoms. The molecule has 0 aliphatic rings. The number of carbonyl (C=O) groups is 1. The van der Waals surface area contributed by atoms with Crippen LogP contribution < -0.4 is 0 Å². The molecule has 0 radical (unpaired) electrons. The second-order valence-electron chi connectivity index (χ2n) is 3.79. The van der Waals surface area contributed by atoms with Crippen molar-refractivity contribution in [2.75, 3.05) is 13.2 Å². The average Bonchev–Trinajstić information content (AvgIpc) is 2.24. The Balaban J connectivity index is 4.00. The number of phosphoric ester groups is 1. The lowest BCUT2D eigenvalue weighted by Gasteiger charge is -2.06. The molecule has 0 unspecified atom stereocenters. The quantitative estimate of drug-likeness (QED) is 0.291. The molecule has 0 aliphatic heterocycles. The summed E-state index contributed by atoms with van der Waals surface area (Å²) in [6, 6.07) is 0. The molecule has 0 heterocycles. The standard InChI is InChI=1S/C11H21O6P/c1-3-5-10(6-4-2)9-11(12)16-7-8-17-18(13,14)15/h9H,3-8H2,1-2H3,(H2,13,14,15). The SMILES string of the molecule is CCCC(=CC(=O)OCCOP(=O)(O)O)CCC. The van der Waals surface area contributed by atoms with Crippen molar-refractivity contribution >= 4 is 13.8 Å². The molecule has 0 aliphatic carbocycles. The molecule has 0 aromatic carbocycles. The van der Waals surface area contributed by atoms with Crippen LogP contribution in [0, 0.1) is 0 Å². The Morgan fingerprint density at radius 1 is 1.17 bits per heavy atom. The lowest BCUT2D eigenvalue weighted by molar-refractivity contribution is -0.138. The normalized spacial score (nSPS) is 11.1. The van der Waals surface area contributed by atoms with Crippen molar-refractivity contribution in [1.82, 2.24) is 0 Å². The van der Waals surface area contributed by atoms with Crippen LogP contribution in [0.4, 0.5) is 0 Å². The highest BCUT2D eigenvalue weighted by Gasteiger charge is 2.13. The van der Waals surface area contributed by atoms with Crippen LogP contribution in [0.15, 0.2) is 11.6 Å². The first-order valence-electron chi connectivity index (χ1n) is 5.95. The Morgan fingerprint density at radius 3 is 2.17 bits per heavy atom. The molecule has 0 rings (SSSR count). The van der Waals surface area contributed by atoms with Gasteiger partial charge in [0.2, 0.25) is 0 Å². The molecule has 18 heavy (non-hydrogen) atoms. The van der Waals surface area contributed by atoms with E-state index in [0.717, 1.165) is 31.3 Å². The van der Waals surface area contributed by atoms with Crippen LogP contribution in [0.5, 0.6) is 0 Å². The third kappa shape index (κ3) is 10.5. The summed E-state index contributed by atoms with van der Waals surface area (Å²) in [7, 11) is -4.48. The molecular weight excluding hydrogens is 259 g/mol. The van der Waals surface area contributed by atoms with Gasteiger partial charge < -0.3 is 14.5 Å². The van der Waals surface area contributed by atoms with Crippen molar-refractivity contribution in [3.8, 4) is 0 Å². The second-order valence-corrected chi connectivity index (χ2v) is 5.03. The molecule has 0 bridgehead atoms. The molecule has 7 heteroatoms. The largest absolute Gasteiger partial charge is 0.469 e. The zero-order chi connectivity index (χ0) is 14.0. The van der Waals surface area contributed by atoms with Gasteiger partial charge in [-0.15, -0.1) is 0 Å². The molecule has 0 saturated carbocycles. The van der Waals surface area contributed by atoms with Gasteiger partial charge in [-0.2, -0.15) is 0 Å². The number of hydrogen-bond acceptors (Lipinski definition) is 4. The number of hydrogen-bond donors (Lipinski definition) is 2. The summed E-state index contributed by atoms with van der Waals surface area (Å²) in [5.74, 6) is -0.499. The van der Waals surface area contributed by atoms with E-state index in [-0.39, 0.29) is 13.2 Å². The van der Waals surface area contributed by atoms with E-state index >= 15 is 0 Å². The van der Waals surface area contributed by atoms with E-state index in [1.54, 1.807) is 0 Å². The van der Waals surface area contributed by atoms with Crippen molar-refractivity contribution in [2.24, 2.45) is 0 Å². The fraction of sp³-hybridized carbons (Fsp3) is 0.727. The number of carbonyl (C=O) groups excluding carboxylic acids is 1. The van der Waals surface area contributed by atoms with Crippen molar-refractivity contribution in [3.05, 3.63) is 11.6 Å². The second kappa shape index (κ2) is 9.28. The van der Waals surface area contributed by atoms with Gasteiger partial charge in [0.15, 0.2) is 0 Å². The Labute approximate surface area is 107 Å². The number of rotatable bonds is 9. The van der Waals surface area contributed by atoms with Crippen LogP contribution in [0.25, 0.3) is 0 Å². The summed E-state index contributed by atoms with van der Waals surface area (Å²) in [6.45, 7) is 3.57. The zero-order valence-electron chi connectivity index (χ0n) is 10.8. The predicted molar refractivity (Wildman–Crippen MR) is 66.9 cm³/mol. The molecule has 0 aromatic rings. The number of allylic oxidation sites excluding steroid dienone is 1. The van der Waals surface area contributed by atoms with E-state index in [2.05, 4.69) is 4.52 Å². The maximum atomic E-state index is 11.4. The van der Waals surface area contributed by atoms with Gasteiger partial charge in [-0.25, -0.2) is 9.36 Å². The lowest BCUT2D eigenvalue weighted by Crippen LogP contribution is -2.08. The van der Waals surface area contributed by atoms with Crippen LogP contribution in [0.2, 0.25) is 0 Å². The van der Waals surface area contributed by atoms with Crippen LogP contribution in [0.1, 0.15) is 39.5 Å². The van der Waals surface area contributed by atoms with E-state index in [0.29, 0.717) is 0 Å². The third-order valence-electron chi connectivity index (χ3n) is 2.05. The van der Waals surface area contributed by atoms with E-state index in [1.807, 2.05) is 13.8 Å². The van der Waals surface area contributed by atoms with Gasteiger partial charge >= 0.3 is 13.8 Å². The monoisotopic (exact) mass is 280 g/mol. The summed E-state index contributed by atoms with van der Waals surface area (Å²) in [4.78, 5) is 28.2. The van der Waals surface area contributed by atoms with Gasteiger partial charge in [-0.3, -0.25) is 4.52 Å². The minimum Gasteiger partial charge on any atom is -0.460 e. The first-order chi connectivity index (χ1) is 8.39. The topological polar surface area (TPSA) is 93.1 Å². The lowest BCUT2D eigenvalue weighted by atomic mass is 10.1. The van der Waals surface area contributed by atoms with E-state index in [4.69, 9.17) is 14.5 Å². The Morgan fingerprint density at radius 2 is 1.72 bits per heavy atom. The highest BCUT2D eigenvalue weighted by Crippen LogP contribution is 2.35.